The second kappa shape index (κ2) is 12.5. The quantitative estimate of drug-likeness (QED) is 0.172. The molecule has 2 nitrogen and oxygen atoms in total. The molecule has 0 fully saturated rings. The first-order valence-electron chi connectivity index (χ1n) is 17.9. The van der Waals surface area contributed by atoms with Crippen LogP contribution in [0.3, 0.4) is 0 Å². The van der Waals surface area contributed by atoms with Crippen molar-refractivity contribution in [3.63, 3.8) is 0 Å². The number of fused-ring (bicyclic) bond motifs is 6. The number of nitrogens with zero attached hydrogens (tertiary/aromatic N) is 2. The highest BCUT2D eigenvalue weighted by molar-refractivity contribution is 6.19. The molecule has 0 N–H and O–H groups in total. The van der Waals surface area contributed by atoms with E-state index in [9.17, 15) is 0 Å². The standard InChI is InChI=1S/C50H34N2/c1-3-12-35(13-4-1)36-22-28-42(29-23-36)51(48-21-11-16-38-14-7-9-19-44(38)48)43-30-24-37(25-31-43)40-27-32-46-47-33-26-39-15-8-10-20-45(39)50(47)52(49(46)34-40)41-17-5-2-6-18-41/h1-34H. The topological polar surface area (TPSA) is 8.17 Å². The predicted octanol–water partition coefficient (Wildman–Crippen LogP) is 13.9. The largest absolute Gasteiger partial charge is 0.310 e. The van der Waals surface area contributed by atoms with Gasteiger partial charge in [0.25, 0.3) is 0 Å². The number of benzene rings is 9. The zero-order chi connectivity index (χ0) is 34.4. The van der Waals surface area contributed by atoms with E-state index in [-0.39, 0.29) is 0 Å². The molecule has 0 unspecified atom stereocenters. The van der Waals surface area contributed by atoms with E-state index in [1.165, 1.54) is 65.6 Å². The fourth-order valence-corrected chi connectivity index (χ4v) is 7.87. The lowest BCUT2D eigenvalue weighted by atomic mass is 10.0. The summed E-state index contributed by atoms with van der Waals surface area (Å²) in [5, 5.41) is 7.47. The highest BCUT2D eigenvalue weighted by Crippen LogP contribution is 2.42. The fourth-order valence-electron chi connectivity index (χ4n) is 7.87. The maximum Gasteiger partial charge on any atom is 0.0619 e. The summed E-state index contributed by atoms with van der Waals surface area (Å²) in [6.45, 7) is 0. The highest BCUT2D eigenvalue weighted by atomic mass is 15.1. The van der Waals surface area contributed by atoms with E-state index in [1.807, 2.05) is 0 Å². The molecule has 1 aromatic heterocycles. The molecule has 0 aliphatic heterocycles. The molecule has 0 radical (unpaired) electrons. The Bertz CT molecular complexity index is 2860. The van der Waals surface area contributed by atoms with Gasteiger partial charge in [-0.25, -0.2) is 0 Å². The van der Waals surface area contributed by atoms with Crippen LogP contribution >= 0.6 is 0 Å². The molecule has 0 spiro atoms. The molecule has 0 amide bonds. The molecule has 52 heavy (non-hydrogen) atoms. The van der Waals surface area contributed by atoms with Crippen LogP contribution in [0.25, 0.3) is 71.3 Å². The molecule has 2 heteroatoms. The summed E-state index contributed by atoms with van der Waals surface area (Å²) in [6, 6.07) is 74.6. The van der Waals surface area contributed by atoms with Gasteiger partial charge in [-0.2, -0.15) is 0 Å². The van der Waals surface area contributed by atoms with Crippen LogP contribution in [-0.4, -0.2) is 4.57 Å². The summed E-state index contributed by atoms with van der Waals surface area (Å²) in [4.78, 5) is 2.38. The van der Waals surface area contributed by atoms with Crippen LogP contribution in [0.4, 0.5) is 17.1 Å². The normalized spacial score (nSPS) is 11.5. The lowest BCUT2D eigenvalue weighted by molar-refractivity contribution is 1.19. The fraction of sp³-hybridized carbons (Fsp3) is 0. The van der Waals surface area contributed by atoms with Crippen LogP contribution in [0.15, 0.2) is 206 Å². The first kappa shape index (κ1) is 30.0. The van der Waals surface area contributed by atoms with Crippen molar-refractivity contribution in [2.45, 2.75) is 0 Å². The Balaban J connectivity index is 1.11. The maximum atomic E-state index is 2.44. The summed E-state index contributed by atoms with van der Waals surface area (Å²) in [5.74, 6) is 0. The third kappa shape index (κ3) is 5.04. The van der Waals surface area contributed by atoms with Gasteiger partial charge in [-0.15, -0.1) is 0 Å². The molecule has 10 rings (SSSR count). The summed E-state index contributed by atoms with van der Waals surface area (Å²) >= 11 is 0. The van der Waals surface area contributed by atoms with Gasteiger partial charge in [0.15, 0.2) is 0 Å². The maximum absolute atomic E-state index is 2.44. The van der Waals surface area contributed by atoms with Crippen LogP contribution in [-0.2, 0) is 0 Å². The first-order chi connectivity index (χ1) is 25.8. The molecule has 0 aliphatic carbocycles. The second-order valence-corrected chi connectivity index (χ2v) is 13.4. The Morgan fingerprint density at radius 1 is 0.327 bits per heavy atom. The number of rotatable bonds is 6. The minimum atomic E-state index is 1.11. The van der Waals surface area contributed by atoms with E-state index in [2.05, 4.69) is 216 Å². The molecule has 0 saturated heterocycles. The average molecular weight is 663 g/mol. The third-order valence-electron chi connectivity index (χ3n) is 10.4. The van der Waals surface area contributed by atoms with Crippen molar-refractivity contribution in [1.29, 1.82) is 0 Å². The van der Waals surface area contributed by atoms with Gasteiger partial charge in [0, 0.05) is 38.6 Å². The second-order valence-electron chi connectivity index (χ2n) is 13.4. The van der Waals surface area contributed by atoms with E-state index in [4.69, 9.17) is 0 Å². The van der Waals surface area contributed by atoms with Crippen molar-refractivity contribution in [3.8, 4) is 27.9 Å². The zero-order valence-electron chi connectivity index (χ0n) is 28.5. The van der Waals surface area contributed by atoms with Crippen molar-refractivity contribution in [3.05, 3.63) is 206 Å². The van der Waals surface area contributed by atoms with Crippen molar-refractivity contribution in [1.82, 2.24) is 4.57 Å². The van der Waals surface area contributed by atoms with Crippen LogP contribution < -0.4 is 4.90 Å². The summed E-state index contributed by atoms with van der Waals surface area (Å²) in [6.07, 6.45) is 0. The van der Waals surface area contributed by atoms with E-state index >= 15 is 0 Å². The molecule has 244 valence electrons. The van der Waals surface area contributed by atoms with Gasteiger partial charge >= 0.3 is 0 Å². The average Bonchev–Trinajstić information content (AvgIpc) is 3.56. The molecule has 0 bridgehead atoms. The Labute approximate surface area is 303 Å². The number of aromatic nitrogens is 1. The Morgan fingerprint density at radius 2 is 0.846 bits per heavy atom. The minimum absolute atomic E-state index is 1.11. The van der Waals surface area contributed by atoms with Gasteiger partial charge in [0.2, 0.25) is 0 Å². The zero-order valence-corrected chi connectivity index (χ0v) is 28.5. The SMILES string of the molecule is c1ccc(-c2ccc(N(c3ccc(-c4ccc5c6ccc7ccccc7c6n(-c6ccccc6)c5c4)cc3)c3cccc4ccccc34)cc2)cc1. The van der Waals surface area contributed by atoms with Crippen LogP contribution in [0.5, 0.6) is 0 Å². The van der Waals surface area contributed by atoms with Gasteiger partial charge < -0.3 is 9.47 Å². The van der Waals surface area contributed by atoms with Crippen molar-refractivity contribution in [2.24, 2.45) is 0 Å². The van der Waals surface area contributed by atoms with Crippen molar-refractivity contribution in [2.75, 3.05) is 4.90 Å². The Morgan fingerprint density at radius 3 is 1.56 bits per heavy atom. The van der Waals surface area contributed by atoms with E-state index < -0.39 is 0 Å². The molecule has 10 aromatic rings. The molecular weight excluding hydrogens is 629 g/mol. The predicted molar refractivity (Wildman–Crippen MR) is 221 cm³/mol. The number of hydrogen-bond acceptors (Lipinski definition) is 1. The van der Waals surface area contributed by atoms with Gasteiger partial charge in [-0.1, -0.05) is 158 Å². The minimum Gasteiger partial charge on any atom is -0.310 e. The van der Waals surface area contributed by atoms with Gasteiger partial charge in [-0.05, 0) is 81.6 Å². The summed E-state index contributed by atoms with van der Waals surface area (Å²) in [5.41, 5.74) is 11.8. The lowest BCUT2D eigenvalue weighted by Gasteiger charge is -2.27. The molecule has 9 aromatic carbocycles. The van der Waals surface area contributed by atoms with E-state index in [0.29, 0.717) is 0 Å². The summed E-state index contributed by atoms with van der Waals surface area (Å²) < 4.78 is 2.44. The van der Waals surface area contributed by atoms with Gasteiger partial charge in [0.05, 0.1) is 16.7 Å². The first-order valence-corrected chi connectivity index (χ1v) is 17.9. The highest BCUT2D eigenvalue weighted by Gasteiger charge is 2.18. The smallest absolute Gasteiger partial charge is 0.0619 e. The molecular formula is C50H34N2. The van der Waals surface area contributed by atoms with Crippen LogP contribution in [0.1, 0.15) is 0 Å². The third-order valence-corrected chi connectivity index (χ3v) is 10.4. The van der Waals surface area contributed by atoms with Crippen LogP contribution in [0, 0.1) is 0 Å². The van der Waals surface area contributed by atoms with Crippen LogP contribution in [0.2, 0.25) is 0 Å². The van der Waals surface area contributed by atoms with Crippen molar-refractivity contribution >= 4 is 60.4 Å². The Hall–Kier alpha value is -6.90. The molecule has 0 aliphatic rings. The van der Waals surface area contributed by atoms with Gasteiger partial charge in [-0.3, -0.25) is 0 Å². The molecule has 0 saturated carbocycles. The van der Waals surface area contributed by atoms with Crippen molar-refractivity contribution < 1.29 is 0 Å². The van der Waals surface area contributed by atoms with E-state index in [0.717, 1.165) is 22.7 Å². The molecule has 1 heterocycles. The lowest BCUT2D eigenvalue weighted by Crippen LogP contribution is -2.10. The van der Waals surface area contributed by atoms with E-state index in [1.54, 1.807) is 0 Å². The van der Waals surface area contributed by atoms with Gasteiger partial charge in [0.1, 0.15) is 0 Å². The number of para-hydroxylation sites is 1. The Kier molecular flexibility index (Phi) is 7.18. The number of anilines is 3. The monoisotopic (exact) mass is 662 g/mol. The number of hydrogen-bond donors (Lipinski definition) is 0. The molecule has 0 atom stereocenters. The summed E-state index contributed by atoms with van der Waals surface area (Å²) in [7, 11) is 0.